The van der Waals surface area contributed by atoms with Crippen molar-refractivity contribution < 1.29 is 9.53 Å². The highest BCUT2D eigenvalue weighted by atomic mass is 35.5. The van der Waals surface area contributed by atoms with E-state index in [0.717, 1.165) is 17.1 Å². The summed E-state index contributed by atoms with van der Waals surface area (Å²) in [6, 6.07) is 15.4. The molecule has 3 N–H and O–H groups in total. The number of carbonyl (C=O) groups excluding carboxylic acids is 1. The van der Waals surface area contributed by atoms with Crippen LogP contribution >= 0.6 is 12.4 Å². The predicted molar refractivity (Wildman–Crippen MR) is 95.1 cm³/mol. The minimum Gasteiger partial charge on any atom is -0.457 e. The normalized spacial score (nSPS) is 11.3. The van der Waals surface area contributed by atoms with Gasteiger partial charge in [0.25, 0.3) is 0 Å². The number of hydrogen-bond acceptors (Lipinski definition) is 3. The minimum atomic E-state index is -0.140. The molecule has 0 aliphatic carbocycles. The molecule has 2 aromatic carbocycles. The number of rotatable bonds is 6. The topological polar surface area (TPSA) is 64.3 Å². The van der Waals surface area contributed by atoms with Gasteiger partial charge in [0.2, 0.25) is 5.91 Å². The van der Waals surface area contributed by atoms with Crippen LogP contribution in [0.4, 0.5) is 0 Å². The zero-order chi connectivity index (χ0) is 15.9. The van der Waals surface area contributed by atoms with Crippen molar-refractivity contribution in [3.63, 3.8) is 0 Å². The summed E-state index contributed by atoms with van der Waals surface area (Å²) in [5.74, 6) is 1.47. The van der Waals surface area contributed by atoms with Crippen molar-refractivity contribution >= 4 is 18.3 Å². The summed E-state index contributed by atoms with van der Waals surface area (Å²) in [5, 5.41) is 2.87. The molecule has 23 heavy (non-hydrogen) atoms. The van der Waals surface area contributed by atoms with E-state index in [1.54, 1.807) is 0 Å². The molecule has 0 fully saturated rings. The summed E-state index contributed by atoms with van der Waals surface area (Å²) >= 11 is 0. The Morgan fingerprint density at radius 2 is 1.83 bits per heavy atom. The first kappa shape index (κ1) is 19.0. The number of nitrogens with one attached hydrogen (secondary N) is 1. The van der Waals surface area contributed by atoms with Gasteiger partial charge < -0.3 is 15.8 Å². The van der Waals surface area contributed by atoms with Crippen LogP contribution in [0.3, 0.4) is 0 Å². The summed E-state index contributed by atoms with van der Waals surface area (Å²) in [4.78, 5) is 11.7. The number of amides is 1. The average molecular weight is 335 g/mol. The van der Waals surface area contributed by atoms with Crippen molar-refractivity contribution in [1.82, 2.24) is 5.32 Å². The Bertz CT molecular complexity index is 627. The molecule has 0 aromatic heterocycles. The van der Waals surface area contributed by atoms with Gasteiger partial charge in [0.05, 0.1) is 0 Å². The van der Waals surface area contributed by atoms with Crippen LogP contribution in [0.1, 0.15) is 24.5 Å². The molecule has 0 aliphatic rings. The third-order valence-electron chi connectivity index (χ3n) is 3.20. The van der Waals surface area contributed by atoms with Gasteiger partial charge in [-0.3, -0.25) is 4.79 Å². The lowest BCUT2D eigenvalue weighted by Gasteiger charge is -2.12. The van der Waals surface area contributed by atoms with Crippen molar-refractivity contribution in [3.05, 3.63) is 59.7 Å². The van der Waals surface area contributed by atoms with Crippen LogP contribution < -0.4 is 15.8 Å². The number of halogens is 1. The number of nitrogens with two attached hydrogens (primary N) is 1. The maximum Gasteiger partial charge on any atom is 0.221 e. The minimum absolute atomic E-state index is 0. The first-order valence-corrected chi connectivity index (χ1v) is 7.39. The summed E-state index contributed by atoms with van der Waals surface area (Å²) in [7, 11) is 0. The largest absolute Gasteiger partial charge is 0.457 e. The Labute approximate surface area is 143 Å². The molecule has 124 valence electrons. The number of para-hydroxylation sites is 1. The highest BCUT2D eigenvalue weighted by Crippen LogP contribution is 2.25. The van der Waals surface area contributed by atoms with Crippen molar-refractivity contribution in [2.24, 2.45) is 5.73 Å². The predicted octanol–water partition coefficient (Wildman–Crippen LogP) is 3.56. The van der Waals surface area contributed by atoms with E-state index < -0.39 is 0 Å². The first-order valence-electron chi connectivity index (χ1n) is 7.39. The molecular weight excluding hydrogens is 312 g/mol. The lowest BCUT2D eigenvalue weighted by Crippen LogP contribution is -2.29. The summed E-state index contributed by atoms with van der Waals surface area (Å²) in [5.41, 5.74) is 7.74. The molecule has 0 saturated carbocycles. The zero-order valence-electron chi connectivity index (χ0n) is 13.4. The van der Waals surface area contributed by atoms with Crippen LogP contribution in [-0.2, 0) is 11.3 Å². The number of hydrogen-bond donors (Lipinski definition) is 2. The van der Waals surface area contributed by atoms with Crippen LogP contribution in [0, 0.1) is 6.92 Å². The standard InChI is InChI=1S/C18H22N2O2.ClH/c1-13-7-9-16(10-8-13)22-17-6-4-3-5-15(17)12-20-18(21)11-14(2)19;/h3-10,14H,11-12,19H2,1-2H3,(H,20,21);1H. The molecule has 2 aromatic rings. The van der Waals surface area contributed by atoms with Gasteiger partial charge >= 0.3 is 0 Å². The number of ether oxygens (including phenoxy) is 1. The zero-order valence-corrected chi connectivity index (χ0v) is 14.2. The van der Waals surface area contributed by atoms with Crippen LogP contribution in [-0.4, -0.2) is 11.9 Å². The van der Waals surface area contributed by atoms with Gasteiger partial charge in [-0.15, -0.1) is 12.4 Å². The highest BCUT2D eigenvalue weighted by Gasteiger charge is 2.08. The second-order valence-electron chi connectivity index (χ2n) is 5.48. The van der Waals surface area contributed by atoms with E-state index in [9.17, 15) is 4.79 Å². The van der Waals surface area contributed by atoms with E-state index >= 15 is 0 Å². The number of aryl methyl sites for hydroxylation is 1. The summed E-state index contributed by atoms with van der Waals surface area (Å²) in [6.07, 6.45) is 0.320. The molecule has 1 amide bonds. The molecule has 1 unspecified atom stereocenters. The molecule has 5 heteroatoms. The van der Waals surface area contributed by atoms with Crippen LogP contribution in [0.5, 0.6) is 11.5 Å². The Balaban J connectivity index is 0.00000264. The SMILES string of the molecule is Cc1ccc(Oc2ccccc2CNC(=O)CC(C)N)cc1.Cl. The van der Waals surface area contributed by atoms with Crippen molar-refractivity contribution in [3.8, 4) is 11.5 Å². The lowest BCUT2D eigenvalue weighted by molar-refractivity contribution is -0.121. The van der Waals surface area contributed by atoms with E-state index in [2.05, 4.69) is 5.32 Å². The van der Waals surface area contributed by atoms with Crippen molar-refractivity contribution in [2.75, 3.05) is 0 Å². The van der Waals surface area contributed by atoms with E-state index in [1.165, 1.54) is 5.56 Å². The molecule has 0 saturated heterocycles. The molecule has 4 nitrogen and oxygen atoms in total. The fourth-order valence-electron chi connectivity index (χ4n) is 2.04. The Kier molecular flexibility index (Phi) is 7.59. The van der Waals surface area contributed by atoms with Crippen LogP contribution in [0.2, 0.25) is 0 Å². The molecular formula is C18H23ClN2O2. The van der Waals surface area contributed by atoms with Crippen molar-refractivity contribution in [2.45, 2.75) is 32.9 Å². The van der Waals surface area contributed by atoms with Gasteiger partial charge in [0.15, 0.2) is 0 Å². The monoisotopic (exact) mass is 334 g/mol. The second-order valence-corrected chi connectivity index (χ2v) is 5.48. The van der Waals surface area contributed by atoms with Gasteiger partial charge in [-0.1, -0.05) is 35.9 Å². The van der Waals surface area contributed by atoms with Crippen LogP contribution in [0.25, 0.3) is 0 Å². The van der Waals surface area contributed by atoms with Gasteiger partial charge in [0.1, 0.15) is 11.5 Å². The van der Waals surface area contributed by atoms with Crippen LogP contribution in [0.15, 0.2) is 48.5 Å². The van der Waals surface area contributed by atoms with Gasteiger partial charge in [-0.2, -0.15) is 0 Å². The van der Waals surface area contributed by atoms with E-state index in [-0.39, 0.29) is 24.4 Å². The van der Waals surface area contributed by atoms with Crippen molar-refractivity contribution in [1.29, 1.82) is 0 Å². The fraction of sp³-hybridized carbons (Fsp3) is 0.278. The van der Waals surface area contributed by atoms with E-state index in [4.69, 9.17) is 10.5 Å². The molecule has 0 heterocycles. The maximum atomic E-state index is 11.7. The molecule has 0 bridgehead atoms. The average Bonchev–Trinajstić information content (AvgIpc) is 2.48. The summed E-state index contributed by atoms with van der Waals surface area (Å²) < 4.78 is 5.90. The van der Waals surface area contributed by atoms with Gasteiger partial charge in [-0.25, -0.2) is 0 Å². The fourth-order valence-corrected chi connectivity index (χ4v) is 2.04. The first-order chi connectivity index (χ1) is 10.5. The van der Waals surface area contributed by atoms with Gasteiger partial charge in [0, 0.05) is 24.6 Å². The van der Waals surface area contributed by atoms with Gasteiger partial charge in [-0.05, 0) is 32.0 Å². The lowest BCUT2D eigenvalue weighted by atomic mass is 10.2. The smallest absolute Gasteiger partial charge is 0.221 e. The Hall–Kier alpha value is -2.04. The second kappa shape index (κ2) is 9.18. The number of benzene rings is 2. The highest BCUT2D eigenvalue weighted by molar-refractivity contribution is 5.85. The Morgan fingerprint density at radius 1 is 1.17 bits per heavy atom. The van der Waals surface area contributed by atoms with E-state index in [1.807, 2.05) is 62.4 Å². The molecule has 0 aliphatic heterocycles. The Morgan fingerprint density at radius 3 is 2.48 bits per heavy atom. The number of carbonyl (C=O) groups is 1. The summed E-state index contributed by atoms with van der Waals surface area (Å²) in [6.45, 7) is 4.27. The molecule has 2 rings (SSSR count). The third-order valence-corrected chi connectivity index (χ3v) is 3.20. The quantitative estimate of drug-likeness (QED) is 0.849. The third kappa shape index (κ3) is 6.30. The molecule has 0 radical (unpaired) electrons. The van der Waals surface area contributed by atoms with E-state index in [0.29, 0.717) is 13.0 Å². The maximum absolute atomic E-state index is 11.7. The molecule has 0 spiro atoms. The molecule has 1 atom stereocenters.